The number of carboxylic acids is 1. The first kappa shape index (κ1) is 30.1. The SMILES string of the molecule is CC1(CNC(=O)OC(C)(C)C)CCN(c2cnc(Sc3ccnc(N4CCC(O)(C(=O)O)CC4)c3Cl)cn2)CC1. The number of carboxylic acid groups (broad SMARTS) is 1. The fraction of sp³-hybridized carbons (Fsp3) is 0.593. The van der Waals surface area contributed by atoms with E-state index in [9.17, 15) is 19.8 Å². The number of carbonyl (C=O) groups is 2. The van der Waals surface area contributed by atoms with E-state index in [0.29, 0.717) is 35.5 Å². The molecule has 2 aromatic heterocycles. The maximum atomic E-state index is 12.1. The van der Waals surface area contributed by atoms with Crippen LogP contribution in [0.4, 0.5) is 16.4 Å². The zero-order valence-electron chi connectivity index (χ0n) is 23.3. The van der Waals surface area contributed by atoms with Crippen LogP contribution in [-0.2, 0) is 9.53 Å². The average Bonchev–Trinajstić information content (AvgIpc) is 2.89. The van der Waals surface area contributed by atoms with E-state index in [2.05, 4.69) is 32.1 Å². The van der Waals surface area contributed by atoms with Crippen molar-refractivity contribution in [2.75, 3.05) is 42.5 Å². The Balaban J connectivity index is 1.31. The average molecular weight is 593 g/mol. The zero-order valence-corrected chi connectivity index (χ0v) is 24.9. The van der Waals surface area contributed by atoms with Gasteiger partial charge < -0.3 is 30.1 Å². The van der Waals surface area contributed by atoms with Crippen LogP contribution in [0, 0.1) is 5.41 Å². The summed E-state index contributed by atoms with van der Waals surface area (Å²) in [5.74, 6) is 0.153. The molecular weight excluding hydrogens is 556 g/mol. The molecule has 0 aliphatic carbocycles. The topological polar surface area (TPSA) is 141 Å². The number of pyridine rings is 1. The van der Waals surface area contributed by atoms with Gasteiger partial charge >= 0.3 is 12.1 Å². The molecule has 1 amide bonds. The van der Waals surface area contributed by atoms with E-state index in [-0.39, 0.29) is 18.3 Å². The molecule has 40 heavy (non-hydrogen) atoms. The number of nitrogens with zero attached hydrogens (tertiary/aromatic N) is 5. The molecule has 11 nitrogen and oxygen atoms in total. The Morgan fingerprint density at radius 1 is 1.07 bits per heavy atom. The third-order valence-corrected chi connectivity index (χ3v) is 8.77. The minimum absolute atomic E-state index is 0.0208. The molecule has 218 valence electrons. The normalized spacial score (nSPS) is 18.8. The lowest BCUT2D eigenvalue weighted by molar-refractivity contribution is -0.160. The Hall–Kier alpha value is -2.83. The highest BCUT2D eigenvalue weighted by molar-refractivity contribution is 7.99. The number of ether oxygens (including phenoxy) is 1. The Morgan fingerprint density at radius 3 is 2.30 bits per heavy atom. The van der Waals surface area contributed by atoms with Gasteiger partial charge in [0.15, 0.2) is 5.60 Å². The molecule has 0 bridgehead atoms. The number of alkyl carbamates (subject to hydrolysis) is 1. The lowest BCUT2D eigenvalue weighted by Crippen LogP contribution is -2.49. The smallest absolute Gasteiger partial charge is 0.407 e. The first-order chi connectivity index (χ1) is 18.8. The predicted molar refractivity (Wildman–Crippen MR) is 153 cm³/mol. The highest BCUT2D eigenvalue weighted by Crippen LogP contribution is 2.39. The molecule has 0 saturated carbocycles. The van der Waals surface area contributed by atoms with E-state index in [4.69, 9.17) is 16.3 Å². The molecule has 0 aromatic carbocycles. The second-order valence-corrected chi connectivity index (χ2v) is 13.2. The van der Waals surface area contributed by atoms with Gasteiger partial charge in [-0.2, -0.15) is 0 Å². The van der Waals surface area contributed by atoms with E-state index in [0.717, 1.165) is 36.6 Å². The van der Waals surface area contributed by atoms with Crippen LogP contribution in [0.25, 0.3) is 0 Å². The molecule has 0 unspecified atom stereocenters. The second-order valence-electron chi connectivity index (χ2n) is 11.7. The Bertz CT molecular complexity index is 1210. The van der Waals surface area contributed by atoms with Crippen molar-refractivity contribution in [1.29, 1.82) is 0 Å². The molecule has 2 aromatic rings. The van der Waals surface area contributed by atoms with Crippen molar-refractivity contribution in [3.8, 4) is 0 Å². The number of halogens is 1. The molecule has 0 radical (unpaired) electrons. The van der Waals surface area contributed by atoms with Crippen LogP contribution in [0.1, 0.15) is 53.4 Å². The van der Waals surface area contributed by atoms with Crippen molar-refractivity contribution in [3.05, 3.63) is 29.7 Å². The van der Waals surface area contributed by atoms with E-state index in [1.54, 1.807) is 24.7 Å². The van der Waals surface area contributed by atoms with E-state index >= 15 is 0 Å². The first-order valence-electron chi connectivity index (χ1n) is 13.3. The number of hydrogen-bond acceptors (Lipinski definition) is 10. The summed E-state index contributed by atoms with van der Waals surface area (Å²) in [6.45, 7) is 10.6. The van der Waals surface area contributed by atoms with E-state index in [1.807, 2.05) is 25.7 Å². The quantitative estimate of drug-likeness (QED) is 0.425. The van der Waals surface area contributed by atoms with Crippen molar-refractivity contribution in [3.63, 3.8) is 0 Å². The van der Waals surface area contributed by atoms with Gasteiger partial charge in [0.05, 0.1) is 17.4 Å². The van der Waals surface area contributed by atoms with Gasteiger partial charge in [0, 0.05) is 56.7 Å². The highest BCUT2D eigenvalue weighted by atomic mass is 35.5. The molecule has 0 spiro atoms. The monoisotopic (exact) mass is 592 g/mol. The van der Waals surface area contributed by atoms with Gasteiger partial charge in [-0.1, -0.05) is 30.3 Å². The molecule has 2 aliphatic heterocycles. The van der Waals surface area contributed by atoms with Gasteiger partial charge in [0.1, 0.15) is 22.3 Å². The van der Waals surface area contributed by atoms with Crippen LogP contribution >= 0.6 is 23.4 Å². The third kappa shape index (κ3) is 7.46. The Kier molecular flexibility index (Phi) is 9.01. The molecule has 4 rings (SSSR count). The number of hydrogen-bond donors (Lipinski definition) is 3. The first-order valence-corrected chi connectivity index (χ1v) is 14.5. The van der Waals surface area contributed by atoms with Crippen LogP contribution in [-0.4, -0.2) is 81.2 Å². The maximum Gasteiger partial charge on any atom is 0.407 e. The van der Waals surface area contributed by atoms with Crippen LogP contribution < -0.4 is 15.1 Å². The van der Waals surface area contributed by atoms with Gasteiger partial charge in [0.2, 0.25) is 0 Å². The molecule has 0 atom stereocenters. The van der Waals surface area contributed by atoms with Crippen molar-refractivity contribution in [2.24, 2.45) is 5.41 Å². The number of rotatable bonds is 7. The molecule has 2 saturated heterocycles. The summed E-state index contributed by atoms with van der Waals surface area (Å²) in [7, 11) is 0. The summed E-state index contributed by atoms with van der Waals surface area (Å²) in [5, 5.41) is 23.5. The molecule has 2 aliphatic rings. The van der Waals surface area contributed by atoms with E-state index < -0.39 is 23.3 Å². The lowest BCUT2D eigenvalue weighted by atomic mass is 9.80. The molecule has 4 heterocycles. The number of nitrogens with one attached hydrogen (secondary N) is 1. The molecular formula is C27H37ClN6O5S. The van der Waals surface area contributed by atoms with E-state index in [1.165, 1.54) is 11.8 Å². The van der Waals surface area contributed by atoms with Crippen molar-refractivity contribution < 1.29 is 24.5 Å². The molecule has 3 N–H and O–H groups in total. The van der Waals surface area contributed by atoms with Gasteiger partial charge in [-0.05, 0) is 45.1 Å². The van der Waals surface area contributed by atoms with Gasteiger partial charge in [-0.25, -0.2) is 24.5 Å². The lowest BCUT2D eigenvalue weighted by Gasteiger charge is -2.40. The highest BCUT2D eigenvalue weighted by Gasteiger charge is 2.40. The number of amides is 1. The summed E-state index contributed by atoms with van der Waals surface area (Å²) in [6.07, 6.45) is 6.75. The van der Waals surface area contributed by atoms with Gasteiger partial charge in [0.25, 0.3) is 0 Å². The summed E-state index contributed by atoms with van der Waals surface area (Å²) < 4.78 is 5.35. The van der Waals surface area contributed by atoms with Crippen LogP contribution in [0.2, 0.25) is 5.02 Å². The van der Waals surface area contributed by atoms with Crippen LogP contribution in [0.3, 0.4) is 0 Å². The maximum absolute atomic E-state index is 12.1. The number of anilines is 2. The van der Waals surface area contributed by atoms with Gasteiger partial charge in [-0.3, -0.25) is 0 Å². The second kappa shape index (κ2) is 12.0. The van der Waals surface area contributed by atoms with Crippen molar-refractivity contribution in [1.82, 2.24) is 20.3 Å². The third-order valence-electron chi connectivity index (χ3n) is 7.31. The summed E-state index contributed by atoms with van der Waals surface area (Å²) in [4.78, 5) is 41.9. The van der Waals surface area contributed by atoms with Gasteiger partial charge in [-0.15, -0.1) is 0 Å². The largest absolute Gasteiger partial charge is 0.479 e. The van der Waals surface area contributed by atoms with Crippen LogP contribution in [0.5, 0.6) is 0 Å². The fourth-order valence-electron chi connectivity index (χ4n) is 4.71. The Morgan fingerprint density at radius 2 is 1.73 bits per heavy atom. The number of carbonyl (C=O) groups excluding carboxylic acids is 1. The van der Waals surface area contributed by atoms with Crippen LogP contribution in [0.15, 0.2) is 34.6 Å². The van der Waals surface area contributed by atoms with Crippen molar-refractivity contribution >= 4 is 47.1 Å². The number of aliphatic carboxylic acids is 1. The number of piperidine rings is 2. The predicted octanol–water partition coefficient (Wildman–Crippen LogP) is 4.22. The summed E-state index contributed by atoms with van der Waals surface area (Å²) in [5.41, 5.74) is -2.25. The minimum Gasteiger partial charge on any atom is -0.479 e. The molecule has 2 fully saturated rings. The minimum atomic E-state index is -1.71. The number of aliphatic hydroxyl groups is 1. The number of aromatic nitrogens is 3. The standard InChI is InChI=1S/C27H37ClN6O5S/c1-25(2,3)39-24(37)32-17-26(4)6-11-33(12-7-26)19-15-31-20(16-30-19)40-18-5-10-29-22(21(18)28)34-13-8-27(38,9-14-34)23(35)36/h5,10,15-16,38H,6-9,11-14,17H2,1-4H3,(H,32,37)(H,35,36). The zero-order chi connectivity index (χ0) is 29.1. The summed E-state index contributed by atoms with van der Waals surface area (Å²) >= 11 is 8.07. The summed E-state index contributed by atoms with van der Waals surface area (Å²) in [6, 6.07) is 1.81. The fourth-order valence-corrected chi connectivity index (χ4v) is 5.80. The Labute approximate surface area is 243 Å². The van der Waals surface area contributed by atoms with Crippen molar-refractivity contribution in [2.45, 2.75) is 74.5 Å². The molecule has 13 heteroatoms.